The fourth-order valence-electron chi connectivity index (χ4n) is 2.68. The van der Waals surface area contributed by atoms with Gasteiger partial charge in [0.1, 0.15) is 0 Å². The Hall–Kier alpha value is -2.49. The molecular weight excluding hydrogens is 446 g/mol. The van der Waals surface area contributed by atoms with E-state index in [9.17, 15) is 18.0 Å². The van der Waals surface area contributed by atoms with Crippen molar-refractivity contribution < 1.29 is 13.2 Å². The minimum absolute atomic E-state index is 0.0434. The third-order valence-electron chi connectivity index (χ3n) is 4.21. The lowest BCUT2D eigenvalue weighted by atomic mass is 10.2. The van der Waals surface area contributed by atoms with E-state index in [-0.39, 0.29) is 17.0 Å². The van der Waals surface area contributed by atoms with E-state index in [0.717, 1.165) is 14.3 Å². The number of nitrogens with one attached hydrogen (secondary N) is 2. The van der Waals surface area contributed by atoms with Crippen LogP contribution in [0.1, 0.15) is 5.56 Å². The first-order valence-corrected chi connectivity index (χ1v) is 10.6. The second kappa shape index (κ2) is 7.86. The van der Waals surface area contributed by atoms with Crippen molar-refractivity contribution in [1.82, 2.24) is 9.29 Å². The van der Waals surface area contributed by atoms with E-state index in [1.807, 2.05) is 13.0 Å². The zero-order valence-corrected chi connectivity index (χ0v) is 17.6. The van der Waals surface area contributed by atoms with Gasteiger partial charge in [0.25, 0.3) is 0 Å². The maximum atomic E-state index is 12.8. The zero-order valence-electron chi connectivity index (χ0n) is 15.2. The Balaban J connectivity index is 1.77. The van der Waals surface area contributed by atoms with Gasteiger partial charge in [0, 0.05) is 28.8 Å². The summed E-state index contributed by atoms with van der Waals surface area (Å²) in [6, 6.07) is 12.6. The largest absolute Gasteiger partial charge is 0.325 e. The molecule has 28 heavy (non-hydrogen) atoms. The van der Waals surface area contributed by atoms with Crippen LogP contribution in [0.15, 0.2) is 62.7 Å². The number of nitrogens with zero attached hydrogens (tertiary/aromatic N) is 1. The molecule has 0 aliphatic carbocycles. The molecule has 146 valence electrons. The van der Waals surface area contributed by atoms with Gasteiger partial charge < -0.3 is 10.3 Å². The number of aryl methyl sites for hydroxylation is 1. The minimum atomic E-state index is -3.87. The summed E-state index contributed by atoms with van der Waals surface area (Å²) in [5.74, 6) is -0.446. The summed E-state index contributed by atoms with van der Waals surface area (Å²) in [5, 5.41) is 3.28. The van der Waals surface area contributed by atoms with Crippen LogP contribution in [0.2, 0.25) is 0 Å². The Morgan fingerprint density at radius 3 is 2.61 bits per heavy atom. The molecule has 1 aromatic heterocycles. The highest BCUT2D eigenvalue weighted by molar-refractivity contribution is 9.10. The molecule has 0 saturated carbocycles. The highest BCUT2D eigenvalue weighted by Gasteiger charge is 2.23. The van der Waals surface area contributed by atoms with Crippen LogP contribution in [0.5, 0.6) is 0 Å². The normalized spacial score (nSPS) is 11.7. The molecule has 0 atom stereocenters. The van der Waals surface area contributed by atoms with Crippen LogP contribution in [0, 0.1) is 6.92 Å². The molecule has 1 heterocycles. The third kappa shape index (κ3) is 4.32. The number of fused-ring (bicyclic) bond motifs is 1. The lowest BCUT2D eigenvalue weighted by Crippen LogP contribution is -2.35. The van der Waals surface area contributed by atoms with Gasteiger partial charge in [-0.1, -0.05) is 15.9 Å². The molecule has 9 heteroatoms. The van der Waals surface area contributed by atoms with Crippen LogP contribution < -0.4 is 10.9 Å². The number of H-pyrrole nitrogens is 1. The molecule has 7 nitrogen and oxygen atoms in total. The monoisotopic (exact) mass is 463 g/mol. The Labute approximate surface area is 170 Å². The molecule has 3 aromatic rings. The summed E-state index contributed by atoms with van der Waals surface area (Å²) in [4.78, 5) is 26.3. The summed E-state index contributed by atoms with van der Waals surface area (Å²) in [6.45, 7) is 1.56. The van der Waals surface area contributed by atoms with Gasteiger partial charge in [-0.3, -0.25) is 9.59 Å². The van der Waals surface area contributed by atoms with E-state index in [4.69, 9.17) is 0 Å². The molecule has 0 bridgehead atoms. The summed E-state index contributed by atoms with van der Waals surface area (Å²) in [6.07, 6.45) is 0. The van der Waals surface area contributed by atoms with Gasteiger partial charge >= 0.3 is 0 Å². The van der Waals surface area contributed by atoms with Crippen molar-refractivity contribution in [3.8, 4) is 0 Å². The van der Waals surface area contributed by atoms with Gasteiger partial charge in [-0.15, -0.1) is 0 Å². The first-order chi connectivity index (χ1) is 13.2. The number of carbonyl (C=O) groups excluding carboxylic acids is 1. The van der Waals surface area contributed by atoms with Crippen molar-refractivity contribution in [3.05, 3.63) is 68.9 Å². The predicted octanol–water partition coefficient (Wildman–Crippen LogP) is 2.86. The van der Waals surface area contributed by atoms with Crippen LogP contribution >= 0.6 is 15.9 Å². The second-order valence-corrected chi connectivity index (χ2v) is 9.24. The van der Waals surface area contributed by atoms with Crippen LogP contribution in [0.4, 0.5) is 5.69 Å². The van der Waals surface area contributed by atoms with Gasteiger partial charge in [0.05, 0.1) is 11.4 Å². The SMILES string of the molecule is Cc1cc(NC(=O)CN(C)S(=O)(=O)c2ccc3[nH]c(=O)ccc3c2)ccc1Br. The van der Waals surface area contributed by atoms with Gasteiger partial charge in [0.2, 0.25) is 21.5 Å². The first-order valence-electron chi connectivity index (χ1n) is 8.32. The fourth-order valence-corrected chi connectivity index (χ4v) is 4.09. The molecule has 2 aromatic carbocycles. The number of hydrogen-bond donors (Lipinski definition) is 2. The molecular formula is C19H18BrN3O4S. The maximum absolute atomic E-state index is 12.8. The van der Waals surface area contributed by atoms with E-state index in [2.05, 4.69) is 26.2 Å². The van der Waals surface area contributed by atoms with Crippen LogP contribution in [0.25, 0.3) is 10.9 Å². The van der Waals surface area contributed by atoms with Crippen molar-refractivity contribution in [1.29, 1.82) is 0 Å². The average molecular weight is 464 g/mol. The van der Waals surface area contributed by atoms with Crippen molar-refractivity contribution in [2.45, 2.75) is 11.8 Å². The molecule has 1 amide bonds. The molecule has 0 aliphatic rings. The van der Waals surface area contributed by atoms with Crippen molar-refractivity contribution >= 4 is 48.5 Å². The number of hydrogen-bond acceptors (Lipinski definition) is 4. The molecule has 0 saturated heterocycles. The Morgan fingerprint density at radius 1 is 1.14 bits per heavy atom. The number of carbonyl (C=O) groups is 1. The fraction of sp³-hybridized carbons (Fsp3) is 0.158. The molecule has 0 spiro atoms. The number of amides is 1. The highest BCUT2D eigenvalue weighted by atomic mass is 79.9. The number of aromatic nitrogens is 1. The Morgan fingerprint density at radius 2 is 1.89 bits per heavy atom. The van der Waals surface area contributed by atoms with Crippen molar-refractivity contribution in [3.63, 3.8) is 0 Å². The zero-order chi connectivity index (χ0) is 20.5. The number of rotatable bonds is 5. The predicted molar refractivity (Wildman–Crippen MR) is 112 cm³/mol. The van der Waals surface area contributed by atoms with E-state index in [1.165, 1.54) is 31.3 Å². The summed E-state index contributed by atoms with van der Waals surface area (Å²) < 4.78 is 27.5. The quantitative estimate of drug-likeness (QED) is 0.607. The molecule has 3 rings (SSSR count). The maximum Gasteiger partial charge on any atom is 0.248 e. The number of aromatic amines is 1. The summed E-state index contributed by atoms with van der Waals surface area (Å²) in [5.41, 5.74) is 1.82. The van der Waals surface area contributed by atoms with Gasteiger partial charge in [-0.05, 0) is 60.3 Å². The minimum Gasteiger partial charge on any atom is -0.325 e. The van der Waals surface area contributed by atoms with Crippen LogP contribution in [-0.2, 0) is 14.8 Å². The number of halogens is 1. The third-order valence-corrected chi connectivity index (χ3v) is 6.90. The summed E-state index contributed by atoms with van der Waals surface area (Å²) in [7, 11) is -2.52. The standard InChI is InChI=1S/C19H18BrN3O4S/c1-12-9-14(4-6-16(12)20)21-19(25)11-23(2)28(26,27)15-5-7-17-13(10-15)3-8-18(24)22-17/h3-10H,11H2,1-2H3,(H,21,25)(H,22,24). The molecule has 2 N–H and O–H groups in total. The number of benzene rings is 2. The first kappa shape index (κ1) is 20.2. The number of sulfonamides is 1. The average Bonchev–Trinajstić information content (AvgIpc) is 2.64. The number of pyridine rings is 1. The number of anilines is 1. The molecule has 0 unspecified atom stereocenters. The lowest BCUT2D eigenvalue weighted by molar-refractivity contribution is -0.116. The van der Waals surface area contributed by atoms with Gasteiger partial charge in [-0.25, -0.2) is 8.42 Å². The number of likely N-dealkylation sites (N-methyl/N-ethyl adjacent to an activating group) is 1. The smallest absolute Gasteiger partial charge is 0.248 e. The van der Waals surface area contributed by atoms with Crippen molar-refractivity contribution in [2.24, 2.45) is 0 Å². The molecule has 0 radical (unpaired) electrons. The van der Waals surface area contributed by atoms with Gasteiger partial charge in [-0.2, -0.15) is 4.31 Å². The van der Waals surface area contributed by atoms with Crippen LogP contribution in [-0.4, -0.2) is 37.2 Å². The molecule has 0 fully saturated rings. The second-order valence-electron chi connectivity index (χ2n) is 6.34. The Bertz CT molecular complexity index is 1220. The topological polar surface area (TPSA) is 99.3 Å². The van der Waals surface area contributed by atoms with Crippen LogP contribution in [0.3, 0.4) is 0 Å². The highest BCUT2D eigenvalue weighted by Crippen LogP contribution is 2.21. The van der Waals surface area contributed by atoms with Gasteiger partial charge in [0.15, 0.2) is 0 Å². The van der Waals surface area contributed by atoms with Crippen molar-refractivity contribution in [2.75, 3.05) is 18.9 Å². The van der Waals surface area contributed by atoms with E-state index < -0.39 is 15.9 Å². The Kier molecular flexibility index (Phi) is 5.69. The molecule has 0 aliphatic heterocycles. The van der Waals surface area contributed by atoms with E-state index >= 15 is 0 Å². The lowest BCUT2D eigenvalue weighted by Gasteiger charge is -2.17. The van der Waals surface area contributed by atoms with E-state index in [1.54, 1.807) is 18.2 Å². The summed E-state index contributed by atoms with van der Waals surface area (Å²) >= 11 is 3.39. The van der Waals surface area contributed by atoms with E-state index in [0.29, 0.717) is 16.6 Å².